The third-order valence-electron chi connectivity index (χ3n) is 2.03. The summed E-state index contributed by atoms with van der Waals surface area (Å²) in [6.07, 6.45) is 0. The maximum absolute atomic E-state index is 10.7. The van der Waals surface area contributed by atoms with Crippen molar-refractivity contribution in [2.45, 2.75) is 0 Å². The second kappa shape index (κ2) is 4.61. The number of nitrogens with zero attached hydrogens (tertiary/aromatic N) is 6. The molecule has 0 atom stereocenters. The highest BCUT2D eigenvalue weighted by atomic mass is 16.4. The average Bonchev–Trinajstić information content (AvgIpc) is 2.73. The van der Waals surface area contributed by atoms with Crippen LogP contribution < -0.4 is 4.90 Å². The molecule has 0 spiro atoms. The molecule has 0 unspecified atom stereocenters. The third kappa shape index (κ3) is 2.48. The van der Waals surface area contributed by atoms with E-state index in [9.17, 15) is 9.59 Å². The molecular formula is C8H8N6O4. The van der Waals surface area contributed by atoms with E-state index in [-0.39, 0.29) is 5.82 Å². The molecule has 0 saturated carbocycles. The van der Waals surface area contributed by atoms with Crippen molar-refractivity contribution in [1.82, 2.24) is 25.3 Å². The molecule has 2 rings (SSSR count). The van der Waals surface area contributed by atoms with Gasteiger partial charge in [-0.3, -0.25) is 9.59 Å². The van der Waals surface area contributed by atoms with Gasteiger partial charge in [0.25, 0.3) is 0 Å². The van der Waals surface area contributed by atoms with E-state index in [0.29, 0.717) is 5.65 Å². The minimum absolute atomic E-state index is 0.166. The minimum Gasteiger partial charge on any atom is -0.480 e. The summed E-state index contributed by atoms with van der Waals surface area (Å²) in [5, 5.41) is 31.9. The molecule has 0 saturated heterocycles. The summed E-state index contributed by atoms with van der Waals surface area (Å²) >= 11 is 0. The lowest BCUT2D eigenvalue weighted by Crippen LogP contribution is -2.35. The lowest BCUT2D eigenvalue weighted by atomic mass is 10.4. The van der Waals surface area contributed by atoms with E-state index in [0.717, 1.165) is 9.53 Å². The Hall–Kier alpha value is -2.78. The summed E-state index contributed by atoms with van der Waals surface area (Å²) in [4.78, 5) is 22.4. The number of rotatable bonds is 5. The van der Waals surface area contributed by atoms with Crippen LogP contribution in [0, 0.1) is 0 Å². The maximum atomic E-state index is 10.7. The minimum atomic E-state index is -1.16. The van der Waals surface area contributed by atoms with Gasteiger partial charge in [0.2, 0.25) is 0 Å². The molecule has 0 aliphatic rings. The molecule has 2 N–H and O–H groups in total. The van der Waals surface area contributed by atoms with Crippen LogP contribution in [0.1, 0.15) is 0 Å². The number of carboxylic acid groups (broad SMARTS) is 2. The second-order valence-corrected chi connectivity index (χ2v) is 3.36. The average molecular weight is 252 g/mol. The summed E-state index contributed by atoms with van der Waals surface area (Å²) in [7, 11) is 0. The van der Waals surface area contributed by atoms with E-state index < -0.39 is 25.0 Å². The number of carboxylic acids is 2. The van der Waals surface area contributed by atoms with Gasteiger partial charge < -0.3 is 15.1 Å². The van der Waals surface area contributed by atoms with Crippen LogP contribution in [0.25, 0.3) is 5.65 Å². The quantitative estimate of drug-likeness (QED) is 0.651. The standard InChI is InChI=1S/C8H8N6O4/c15-7(16)3-13(4-8(17)18)6-2-1-5-9-11-12-14(5)10-6/h1-2H,3-4H2,(H,15,16)(H,17,18). The largest absolute Gasteiger partial charge is 0.480 e. The molecule has 0 aliphatic heterocycles. The van der Waals surface area contributed by atoms with Gasteiger partial charge in [0.05, 0.1) is 0 Å². The number of aliphatic carboxylic acids is 2. The first-order chi connectivity index (χ1) is 8.56. The summed E-state index contributed by atoms with van der Waals surface area (Å²) in [6, 6.07) is 2.97. The highest BCUT2D eigenvalue weighted by Crippen LogP contribution is 2.09. The zero-order valence-corrected chi connectivity index (χ0v) is 8.96. The van der Waals surface area contributed by atoms with Gasteiger partial charge in [-0.05, 0) is 22.6 Å². The van der Waals surface area contributed by atoms with Gasteiger partial charge in [-0.1, -0.05) is 0 Å². The van der Waals surface area contributed by atoms with E-state index in [2.05, 4.69) is 20.6 Å². The molecule has 0 radical (unpaired) electrons. The molecule has 2 heterocycles. The van der Waals surface area contributed by atoms with Crippen molar-refractivity contribution >= 4 is 23.4 Å². The first kappa shape index (κ1) is 11.7. The fourth-order valence-corrected chi connectivity index (χ4v) is 1.35. The molecule has 0 aromatic carbocycles. The molecule has 10 heteroatoms. The Labute approximate surface area is 99.4 Å². The van der Waals surface area contributed by atoms with Gasteiger partial charge in [-0.2, -0.15) is 0 Å². The van der Waals surface area contributed by atoms with Crippen molar-refractivity contribution < 1.29 is 19.8 Å². The molecular weight excluding hydrogens is 244 g/mol. The summed E-state index contributed by atoms with van der Waals surface area (Å²) in [5.74, 6) is -2.15. The molecule has 0 fully saturated rings. The van der Waals surface area contributed by atoms with Crippen molar-refractivity contribution in [3.05, 3.63) is 12.1 Å². The van der Waals surface area contributed by atoms with Crippen molar-refractivity contribution in [1.29, 1.82) is 0 Å². The number of carbonyl (C=O) groups is 2. The van der Waals surface area contributed by atoms with Crippen molar-refractivity contribution in [3.63, 3.8) is 0 Å². The SMILES string of the molecule is O=C(O)CN(CC(=O)O)c1ccc2nnnn2n1. The molecule has 0 bridgehead atoms. The molecule has 10 nitrogen and oxygen atoms in total. The zero-order chi connectivity index (χ0) is 13.1. The molecule has 2 aromatic heterocycles. The Morgan fingerprint density at radius 3 is 2.50 bits per heavy atom. The number of hydrogen-bond acceptors (Lipinski definition) is 7. The van der Waals surface area contributed by atoms with E-state index in [1.165, 1.54) is 12.1 Å². The Morgan fingerprint density at radius 1 is 1.22 bits per heavy atom. The Kier molecular flexibility index (Phi) is 3.00. The first-order valence-electron chi connectivity index (χ1n) is 4.80. The van der Waals surface area contributed by atoms with Crippen molar-refractivity contribution in [2.24, 2.45) is 0 Å². The summed E-state index contributed by atoms with van der Waals surface area (Å²) in [6.45, 7) is -0.958. The van der Waals surface area contributed by atoms with Crippen LogP contribution >= 0.6 is 0 Å². The lowest BCUT2D eigenvalue weighted by molar-refractivity contribution is -0.136. The Bertz CT molecular complexity index is 580. The molecule has 94 valence electrons. The Balaban J connectivity index is 2.32. The van der Waals surface area contributed by atoms with Crippen LogP contribution in [-0.2, 0) is 9.59 Å². The van der Waals surface area contributed by atoms with E-state index in [1.807, 2.05) is 0 Å². The number of tetrazole rings is 1. The monoisotopic (exact) mass is 252 g/mol. The fraction of sp³-hybridized carbons (Fsp3) is 0.250. The normalized spacial score (nSPS) is 10.4. The van der Waals surface area contributed by atoms with Gasteiger partial charge in [0, 0.05) is 0 Å². The van der Waals surface area contributed by atoms with E-state index in [1.54, 1.807) is 0 Å². The highest BCUT2D eigenvalue weighted by Gasteiger charge is 2.16. The van der Waals surface area contributed by atoms with E-state index >= 15 is 0 Å². The Morgan fingerprint density at radius 2 is 1.89 bits per heavy atom. The van der Waals surface area contributed by atoms with Gasteiger partial charge in [0.15, 0.2) is 11.5 Å². The number of anilines is 1. The number of hydrogen-bond donors (Lipinski definition) is 2. The first-order valence-corrected chi connectivity index (χ1v) is 4.80. The van der Waals surface area contributed by atoms with Crippen molar-refractivity contribution in [3.8, 4) is 0 Å². The predicted molar refractivity (Wildman–Crippen MR) is 56.1 cm³/mol. The second-order valence-electron chi connectivity index (χ2n) is 3.36. The molecule has 0 aliphatic carbocycles. The van der Waals surface area contributed by atoms with Crippen molar-refractivity contribution in [2.75, 3.05) is 18.0 Å². The smallest absolute Gasteiger partial charge is 0.323 e. The molecule has 0 amide bonds. The third-order valence-corrected chi connectivity index (χ3v) is 2.03. The fourth-order valence-electron chi connectivity index (χ4n) is 1.35. The molecule has 18 heavy (non-hydrogen) atoms. The zero-order valence-electron chi connectivity index (χ0n) is 8.96. The summed E-state index contributed by atoms with van der Waals surface area (Å²) in [5.41, 5.74) is 0.379. The molecule has 2 aromatic rings. The highest BCUT2D eigenvalue weighted by molar-refractivity contribution is 5.78. The number of fused-ring (bicyclic) bond motifs is 1. The predicted octanol–water partition coefficient (Wildman–Crippen LogP) is -1.51. The lowest BCUT2D eigenvalue weighted by Gasteiger charge is -2.18. The van der Waals surface area contributed by atoms with Gasteiger partial charge in [-0.15, -0.1) is 14.8 Å². The van der Waals surface area contributed by atoms with E-state index in [4.69, 9.17) is 10.2 Å². The van der Waals surface area contributed by atoms with Crippen LogP contribution in [0.4, 0.5) is 5.82 Å². The van der Waals surface area contributed by atoms with Crippen LogP contribution in [0.3, 0.4) is 0 Å². The van der Waals surface area contributed by atoms with Crippen LogP contribution in [0.2, 0.25) is 0 Å². The van der Waals surface area contributed by atoms with Gasteiger partial charge >= 0.3 is 11.9 Å². The van der Waals surface area contributed by atoms with Crippen LogP contribution in [-0.4, -0.2) is 60.5 Å². The van der Waals surface area contributed by atoms with Crippen LogP contribution in [0.15, 0.2) is 12.1 Å². The van der Waals surface area contributed by atoms with Gasteiger partial charge in [-0.25, -0.2) is 0 Å². The van der Waals surface area contributed by atoms with Gasteiger partial charge in [0.1, 0.15) is 13.1 Å². The summed E-state index contributed by atoms with van der Waals surface area (Å²) < 4.78 is 1.09. The topological polar surface area (TPSA) is 134 Å². The maximum Gasteiger partial charge on any atom is 0.323 e. The number of aromatic nitrogens is 5. The van der Waals surface area contributed by atoms with Crippen LogP contribution in [0.5, 0.6) is 0 Å².